The summed E-state index contributed by atoms with van der Waals surface area (Å²) < 4.78 is 5.53. The second-order valence-electron chi connectivity index (χ2n) is 4.66. The van der Waals surface area contributed by atoms with Crippen molar-refractivity contribution >= 4 is 29.2 Å². The smallest absolute Gasteiger partial charge is 0.216 e. The van der Waals surface area contributed by atoms with Gasteiger partial charge in [-0.05, 0) is 24.1 Å². The number of hydrogen-bond donors (Lipinski definition) is 1. The van der Waals surface area contributed by atoms with E-state index in [4.69, 9.17) is 17.0 Å². The quantitative estimate of drug-likeness (QED) is 0.550. The van der Waals surface area contributed by atoms with Gasteiger partial charge in [0, 0.05) is 19.6 Å². The molecular weight excluding hydrogens is 226 g/mol. The van der Waals surface area contributed by atoms with Crippen LogP contribution in [0.25, 0.3) is 0 Å². The highest BCUT2D eigenvalue weighted by atomic mass is 32.1. The average Bonchev–Trinajstić information content (AvgIpc) is 2.00. The maximum atomic E-state index is 5.19. The summed E-state index contributed by atoms with van der Waals surface area (Å²) >= 11 is 8.68. The van der Waals surface area contributed by atoms with Gasteiger partial charge < -0.3 is 4.74 Å². The van der Waals surface area contributed by atoms with Crippen LogP contribution in [0.2, 0.25) is 0 Å². The van der Waals surface area contributed by atoms with Crippen LogP contribution in [0.15, 0.2) is 0 Å². The van der Waals surface area contributed by atoms with Crippen molar-refractivity contribution in [1.29, 1.82) is 0 Å². The van der Waals surface area contributed by atoms with E-state index >= 15 is 0 Å². The van der Waals surface area contributed by atoms with E-state index in [-0.39, 0.29) is 0 Å². The van der Waals surface area contributed by atoms with Crippen LogP contribution < -0.4 is 0 Å². The molecule has 0 aliphatic carbocycles. The lowest BCUT2D eigenvalue weighted by Gasteiger charge is -2.25. The largest absolute Gasteiger partial charge is 0.477 e. The number of thiocarbonyl (C=S) groups is 1. The molecule has 0 atom stereocenters. The zero-order valence-corrected chi connectivity index (χ0v) is 11.9. The third kappa shape index (κ3) is 10.5. The molecule has 0 aromatic rings. The van der Waals surface area contributed by atoms with Gasteiger partial charge in [0.2, 0.25) is 4.38 Å². The fourth-order valence-corrected chi connectivity index (χ4v) is 1.73. The Bertz CT molecular complexity index is 173. The van der Waals surface area contributed by atoms with Crippen molar-refractivity contribution in [3.05, 3.63) is 0 Å². The Morgan fingerprint density at radius 1 is 1.20 bits per heavy atom. The fourth-order valence-electron chi connectivity index (χ4n) is 1.55. The molecule has 0 N–H and O–H groups in total. The maximum absolute atomic E-state index is 5.19. The maximum Gasteiger partial charge on any atom is 0.216 e. The van der Waals surface area contributed by atoms with Gasteiger partial charge in [0.05, 0.1) is 0 Å². The van der Waals surface area contributed by atoms with Gasteiger partial charge >= 0.3 is 0 Å². The standard InChI is InChI=1S/C11H23NOS2/c1-9(2)7-12(8-10(3)4)5-6-13-11(14)15/h9-10H,5-8H2,1-4H3,(H,14,15). The van der Waals surface area contributed by atoms with Crippen molar-refractivity contribution in [3.8, 4) is 0 Å². The molecule has 0 rings (SSSR count). The van der Waals surface area contributed by atoms with Crippen molar-refractivity contribution in [2.75, 3.05) is 26.2 Å². The molecule has 2 nitrogen and oxygen atoms in total. The van der Waals surface area contributed by atoms with Gasteiger partial charge in [-0.1, -0.05) is 40.3 Å². The molecule has 0 unspecified atom stereocenters. The molecule has 0 heterocycles. The van der Waals surface area contributed by atoms with E-state index in [2.05, 4.69) is 45.2 Å². The lowest BCUT2D eigenvalue weighted by atomic mass is 10.1. The minimum atomic E-state index is 0.337. The molecule has 0 saturated heterocycles. The van der Waals surface area contributed by atoms with Crippen LogP contribution in [0.4, 0.5) is 0 Å². The van der Waals surface area contributed by atoms with Crippen molar-refractivity contribution in [1.82, 2.24) is 4.90 Å². The topological polar surface area (TPSA) is 12.5 Å². The van der Waals surface area contributed by atoms with Crippen molar-refractivity contribution < 1.29 is 4.74 Å². The molecule has 0 aromatic carbocycles. The molecule has 15 heavy (non-hydrogen) atoms. The first kappa shape index (κ1) is 15.2. The zero-order valence-electron chi connectivity index (χ0n) is 10.2. The van der Waals surface area contributed by atoms with E-state index in [1.165, 1.54) is 0 Å². The summed E-state index contributed by atoms with van der Waals surface area (Å²) in [6, 6.07) is 0. The highest BCUT2D eigenvalue weighted by Gasteiger charge is 2.09. The van der Waals surface area contributed by atoms with Crippen molar-refractivity contribution in [3.63, 3.8) is 0 Å². The highest BCUT2D eigenvalue weighted by molar-refractivity contribution is 8.10. The van der Waals surface area contributed by atoms with Crippen LogP contribution in [-0.2, 0) is 4.74 Å². The second-order valence-corrected chi connectivity index (χ2v) is 5.74. The number of rotatable bonds is 7. The molecule has 90 valence electrons. The summed E-state index contributed by atoms with van der Waals surface area (Å²) in [6.07, 6.45) is 0. The van der Waals surface area contributed by atoms with Crippen LogP contribution in [-0.4, -0.2) is 35.5 Å². The number of hydrogen-bond acceptors (Lipinski definition) is 3. The molecule has 4 heteroatoms. The molecule has 0 radical (unpaired) electrons. The molecule has 0 amide bonds. The third-order valence-electron chi connectivity index (χ3n) is 1.88. The van der Waals surface area contributed by atoms with E-state index in [1.807, 2.05) is 0 Å². The predicted molar refractivity (Wildman–Crippen MR) is 73.7 cm³/mol. The van der Waals surface area contributed by atoms with Gasteiger partial charge in [0.1, 0.15) is 6.61 Å². The number of nitrogens with zero attached hydrogens (tertiary/aromatic N) is 1. The summed E-state index contributed by atoms with van der Waals surface area (Å²) in [7, 11) is 0. The molecule has 0 aliphatic rings. The van der Waals surface area contributed by atoms with Gasteiger partial charge in [-0.15, -0.1) is 0 Å². The van der Waals surface area contributed by atoms with Gasteiger partial charge in [-0.25, -0.2) is 0 Å². The molecule has 0 spiro atoms. The summed E-state index contributed by atoms with van der Waals surface area (Å²) in [4.78, 5) is 2.42. The van der Waals surface area contributed by atoms with Gasteiger partial charge in [0.15, 0.2) is 0 Å². The van der Waals surface area contributed by atoms with E-state index < -0.39 is 0 Å². The molecule has 0 aliphatic heterocycles. The summed E-state index contributed by atoms with van der Waals surface area (Å²) in [5.41, 5.74) is 0. The minimum absolute atomic E-state index is 0.337. The summed E-state index contributed by atoms with van der Waals surface area (Å²) in [5, 5.41) is 0. The molecular formula is C11H23NOS2. The molecule has 0 bridgehead atoms. The average molecular weight is 249 g/mol. The SMILES string of the molecule is CC(C)CN(CCOC(=S)S)CC(C)C. The highest BCUT2D eigenvalue weighted by Crippen LogP contribution is 2.03. The summed E-state index contributed by atoms with van der Waals surface area (Å²) in [5.74, 6) is 1.37. The Morgan fingerprint density at radius 2 is 1.67 bits per heavy atom. The Balaban J connectivity index is 3.84. The first-order valence-corrected chi connectivity index (χ1v) is 6.35. The van der Waals surface area contributed by atoms with Crippen LogP contribution in [0.3, 0.4) is 0 Å². The normalized spacial score (nSPS) is 11.5. The second kappa shape index (κ2) is 8.36. The number of ether oxygens (including phenoxy) is 1. The molecule has 0 saturated carbocycles. The lowest BCUT2D eigenvalue weighted by molar-refractivity contribution is 0.177. The van der Waals surface area contributed by atoms with E-state index in [1.54, 1.807) is 0 Å². The van der Waals surface area contributed by atoms with E-state index in [0.717, 1.165) is 19.6 Å². The fraction of sp³-hybridized carbons (Fsp3) is 0.909. The lowest BCUT2D eigenvalue weighted by Crippen LogP contribution is -2.34. The Hall–Kier alpha value is 0.200. The van der Waals surface area contributed by atoms with Crippen molar-refractivity contribution in [2.45, 2.75) is 27.7 Å². The van der Waals surface area contributed by atoms with Crippen LogP contribution in [0.1, 0.15) is 27.7 Å². The number of thiol groups is 1. The van der Waals surface area contributed by atoms with Gasteiger partial charge in [-0.3, -0.25) is 4.90 Å². The van der Waals surface area contributed by atoms with Crippen LogP contribution >= 0.6 is 24.8 Å². The minimum Gasteiger partial charge on any atom is -0.477 e. The first-order valence-electron chi connectivity index (χ1n) is 5.50. The molecule has 0 aromatic heterocycles. The first-order chi connectivity index (χ1) is 6.91. The zero-order chi connectivity index (χ0) is 11.8. The van der Waals surface area contributed by atoms with Crippen LogP contribution in [0, 0.1) is 11.8 Å². The molecule has 0 fully saturated rings. The monoisotopic (exact) mass is 249 g/mol. The van der Waals surface area contributed by atoms with Gasteiger partial charge in [0.25, 0.3) is 0 Å². The Labute approximate surface area is 105 Å². The van der Waals surface area contributed by atoms with Crippen LogP contribution in [0.5, 0.6) is 0 Å². The van der Waals surface area contributed by atoms with E-state index in [0.29, 0.717) is 22.8 Å². The Morgan fingerprint density at radius 3 is 2.00 bits per heavy atom. The third-order valence-corrected chi connectivity index (χ3v) is 2.13. The van der Waals surface area contributed by atoms with Crippen molar-refractivity contribution in [2.24, 2.45) is 11.8 Å². The summed E-state index contributed by atoms with van der Waals surface area (Å²) in [6.45, 7) is 12.7. The van der Waals surface area contributed by atoms with Gasteiger partial charge in [-0.2, -0.15) is 0 Å². The van der Waals surface area contributed by atoms with E-state index in [9.17, 15) is 0 Å². The predicted octanol–water partition coefficient (Wildman–Crippen LogP) is 2.83. The Kier molecular flexibility index (Phi) is 8.47.